The smallest absolute Gasteiger partial charge is 0.181 e. The fourth-order valence-electron chi connectivity index (χ4n) is 2.46. The topological polar surface area (TPSA) is 53.6 Å². The van der Waals surface area contributed by atoms with Crippen LogP contribution in [0, 0.1) is 6.92 Å². The van der Waals surface area contributed by atoms with Crippen molar-refractivity contribution in [1.82, 2.24) is 20.5 Å². The summed E-state index contributed by atoms with van der Waals surface area (Å²) in [4.78, 5) is 4.64. The molecule has 1 aliphatic heterocycles. The van der Waals surface area contributed by atoms with E-state index in [1.165, 1.54) is 18.4 Å². The number of H-pyrrole nitrogens is 1. The van der Waals surface area contributed by atoms with Crippen molar-refractivity contribution in [2.45, 2.75) is 25.7 Å². The molecule has 0 spiro atoms. The minimum atomic E-state index is 0.477. The van der Waals surface area contributed by atoms with E-state index < -0.39 is 0 Å². The Labute approximate surface area is 107 Å². The quantitative estimate of drug-likeness (QED) is 0.849. The fraction of sp³-hybridized carbons (Fsp3) is 0.429. The first-order valence-electron chi connectivity index (χ1n) is 6.53. The highest BCUT2D eigenvalue weighted by Crippen LogP contribution is 2.22. The van der Waals surface area contributed by atoms with Gasteiger partial charge in [0.05, 0.1) is 0 Å². The third-order valence-corrected chi connectivity index (χ3v) is 3.46. The molecule has 1 aromatic carbocycles. The molecule has 94 valence electrons. The average Bonchev–Trinajstić information content (AvgIpc) is 2.89. The number of benzene rings is 1. The SMILES string of the molecule is Cc1cccc(-c2n[nH]c(C3CCCNC3)n2)c1. The molecule has 2 aromatic rings. The van der Waals surface area contributed by atoms with Crippen LogP contribution in [-0.2, 0) is 0 Å². The number of aryl methyl sites for hydroxylation is 1. The lowest BCUT2D eigenvalue weighted by atomic mass is 9.99. The molecule has 1 fully saturated rings. The van der Waals surface area contributed by atoms with Crippen molar-refractivity contribution >= 4 is 0 Å². The molecule has 1 atom stereocenters. The molecule has 1 aromatic heterocycles. The van der Waals surface area contributed by atoms with Crippen molar-refractivity contribution in [3.8, 4) is 11.4 Å². The number of nitrogens with zero attached hydrogens (tertiary/aromatic N) is 2. The maximum Gasteiger partial charge on any atom is 0.181 e. The van der Waals surface area contributed by atoms with Gasteiger partial charge in [0.25, 0.3) is 0 Å². The van der Waals surface area contributed by atoms with E-state index >= 15 is 0 Å². The number of hydrogen-bond acceptors (Lipinski definition) is 3. The van der Waals surface area contributed by atoms with E-state index in [-0.39, 0.29) is 0 Å². The molecular formula is C14H18N4. The molecule has 0 amide bonds. The van der Waals surface area contributed by atoms with Crippen LogP contribution < -0.4 is 5.32 Å². The van der Waals surface area contributed by atoms with Crippen LogP contribution in [0.3, 0.4) is 0 Å². The fourth-order valence-corrected chi connectivity index (χ4v) is 2.46. The van der Waals surface area contributed by atoms with Gasteiger partial charge in [-0.3, -0.25) is 5.10 Å². The Morgan fingerprint density at radius 2 is 2.28 bits per heavy atom. The van der Waals surface area contributed by atoms with Crippen molar-refractivity contribution in [2.24, 2.45) is 0 Å². The Bertz CT molecular complexity index is 526. The highest BCUT2D eigenvalue weighted by atomic mass is 15.2. The predicted octanol–water partition coefficient (Wildman–Crippen LogP) is 2.25. The molecule has 0 saturated carbocycles. The molecule has 2 N–H and O–H groups in total. The summed E-state index contributed by atoms with van der Waals surface area (Å²) in [6.07, 6.45) is 2.40. The van der Waals surface area contributed by atoms with E-state index in [1.54, 1.807) is 0 Å². The molecule has 1 unspecified atom stereocenters. The van der Waals surface area contributed by atoms with E-state index in [0.29, 0.717) is 5.92 Å². The van der Waals surface area contributed by atoms with Crippen LogP contribution in [0.25, 0.3) is 11.4 Å². The van der Waals surface area contributed by atoms with Crippen LogP contribution in [-0.4, -0.2) is 28.3 Å². The van der Waals surface area contributed by atoms with Crippen LogP contribution in [0.1, 0.15) is 30.1 Å². The average molecular weight is 242 g/mol. The first-order valence-corrected chi connectivity index (χ1v) is 6.53. The lowest BCUT2D eigenvalue weighted by Gasteiger charge is -2.20. The van der Waals surface area contributed by atoms with Gasteiger partial charge in [-0.05, 0) is 32.4 Å². The zero-order chi connectivity index (χ0) is 12.4. The largest absolute Gasteiger partial charge is 0.316 e. The first kappa shape index (κ1) is 11.4. The standard InChI is InChI=1S/C14H18N4/c1-10-4-2-5-11(8-10)13-16-14(18-17-13)12-6-3-7-15-9-12/h2,4-5,8,12,15H,3,6-7,9H2,1H3,(H,16,17,18). The number of aromatic nitrogens is 3. The van der Waals surface area contributed by atoms with Crippen molar-refractivity contribution in [2.75, 3.05) is 13.1 Å². The maximum absolute atomic E-state index is 4.64. The molecule has 3 rings (SSSR count). The van der Waals surface area contributed by atoms with Crippen LogP contribution in [0.2, 0.25) is 0 Å². The van der Waals surface area contributed by atoms with Crippen molar-refractivity contribution in [3.05, 3.63) is 35.7 Å². The molecule has 4 nitrogen and oxygen atoms in total. The van der Waals surface area contributed by atoms with Gasteiger partial charge in [-0.1, -0.05) is 23.8 Å². The van der Waals surface area contributed by atoms with E-state index in [4.69, 9.17) is 0 Å². The van der Waals surface area contributed by atoms with Gasteiger partial charge in [0.2, 0.25) is 0 Å². The molecule has 0 aliphatic carbocycles. The van der Waals surface area contributed by atoms with Gasteiger partial charge in [0.1, 0.15) is 5.82 Å². The minimum Gasteiger partial charge on any atom is -0.316 e. The summed E-state index contributed by atoms with van der Waals surface area (Å²) in [5.74, 6) is 2.29. The van der Waals surface area contributed by atoms with E-state index in [1.807, 2.05) is 6.07 Å². The summed E-state index contributed by atoms with van der Waals surface area (Å²) in [6.45, 7) is 4.21. The van der Waals surface area contributed by atoms with Gasteiger partial charge in [-0.15, -0.1) is 0 Å². The summed E-state index contributed by atoms with van der Waals surface area (Å²) in [6, 6.07) is 8.30. The number of rotatable bonds is 2. The Morgan fingerprint density at radius 1 is 1.33 bits per heavy atom. The lowest BCUT2D eigenvalue weighted by molar-refractivity contribution is 0.447. The molecule has 1 saturated heterocycles. The predicted molar refractivity (Wildman–Crippen MR) is 71.4 cm³/mol. The number of hydrogen-bond donors (Lipinski definition) is 2. The third-order valence-electron chi connectivity index (χ3n) is 3.46. The number of piperidine rings is 1. The van der Waals surface area contributed by atoms with Gasteiger partial charge in [-0.25, -0.2) is 4.98 Å². The molecule has 18 heavy (non-hydrogen) atoms. The summed E-state index contributed by atoms with van der Waals surface area (Å²) >= 11 is 0. The van der Waals surface area contributed by atoms with Gasteiger partial charge in [-0.2, -0.15) is 5.10 Å². The highest BCUT2D eigenvalue weighted by Gasteiger charge is 2.19. The third kappa shape index (κ3) is 2.29. The Kier molecular flexibility index (Phi) is 3.11. The summed E-state index contributed by atoms with van der Waals surface area (Å²) in [5.41, 5.74) is 2.32. The van der Waals surface area contributed by atoms with Gasteiger partial charge < -0.3 is 5.32 Å². The van der Waals surface area contributed by atoms with Crippen molar-refractivity contribution in [3.63, 3.8) is 0 Å². The van der Waals surface area contributed by atoms with E-state index in [9.17, 15) is 0 Å². The van der Waals surface area contributed by atoms with Gasteiger partial charge in [0.15, 0.2) is 5.82 Å². The van der Waals surface area contributed by atoms with E-state index in [0.717, 1.165) is 30.3 Å². The minimum absolute atomic E-state index is 0.477. The first-order chi connectivity index (χ1) is 8.83. The summed E-state index contributed by atoms with van der Waals surface area (Å²) in [7, 11) is 0. The summed E-state index contributed by atoms with van der Waals surface area (Å²) in [5, 5.41) is 10.8. The van der Waals surface area contributed by atoms with E-state index in [2.05, 4.69) is 45.6 Å². The molecule has 1 aliphatic rings. The van der Waals surface area contributed by atoms with Gasteiger partial charge in [0, 0.05) is 18.0 Å². The van der Waals surface area contributed by atoms with Gasteiger partial charge >= 0.3 is 0 Å². The Balaban J connectivity index is 1.84. The second kappa shape index (κ2) is 4.90. The second-order valence-corrected chi connectivity index (χ2v) is 4.96. The molecule has 2 heterocycles. The Morgan fingerprint density at radius 3 is 3.06 bits per heavy atom. The van der Waals surface area contributed by atoms with Crippen molar-refractivity contribution < 1.29 is 0 Å². The normalized spacial score (nSPS) is 19.9. The van der Waals surface area contributed by atoms with Crippen LogP contribution in [0.5, 0.6) is 0 Å². The molecule has 0 radical (unpaired) electrons. The monoisotopic (exact) mass is 242 g/mol. The molecule has 0 bridgehead atoms. The zero-order valence-corrected chi connectivity index (χ0v) is 10.6. The molecule has 4 heteroatoms. The Hall–Kier alpha value is -1.68. The van der Waals surface area contributed by atoms with Crippen LogP contribution in [0.4, 0.5) is 0 Å². The van der Waals surface area contributed by atoms with Crippen molar-refractivity contribution in [1.29, 1.82) is 0 Å². The highest BCUT2D eigenvalue weighted by molar-refractivity contribution is 5.55. The second-order valence-electron chi connectivity index (χ2n) is 4.96. The number of nitrogens with one attached hydrogen (secondary N) is 2. The zero-order valence-electron chi connectivity index (χ0n) is 10.6. The number of aromatic amines is 1. The summed E-state index contributed by atoms with van der Waals surface area (Å²) < 4.78 is 0. The van der Waals surface area contributed by atoms with Crippen LogP contribution in [0.15, 0.2) is 24.3 Å². The maximum atomic E-state index is 4.64. The molecular weight excluding hydrogens is 224 g/mol. The van der Waals surface area contributed by atoms with Crippen LogP contribution >= 0.6 is 0 Å². The lowest BCUT2D eigenvalue weighted by Crippen LogP contribution is -2.28.